The summed E-state index contributed by atoms with van der Waals surface area (Å²) in [6, 6.07) is 16.3. The van der Waals surface area contributed by atoms with Crippen LogP contribution < -0.4 is 19.6 Å². The first-order chi connectivity index (χ1) is 20.1. The van der Waals surface area contributed by atoms with Crippen LogP contribution in [0.5, 0.6) is 5.75 Å². The van der Waals surface area contributed by atoms with Gasteiger partial charge >= 0.3 is 5.97 Å². The fourth-order valence-electron chi connectivity index (χ4n) is 4.60. The Hall–Kier alpha value is -2.44. The molecule has 0 unspecified atom stereocenters. The first-order valence-electron chi connectivity index (χ1n) is 12.9. The van der Waals surface area contributed by atoms with E-state index in [0.717, 1.165) is 30.3 Å². The van der Waals surface area contributed by atoms with Gasteiger partial charge in [0.25, 0.3) is 5.56 Å². The van der Waals surface area contributed by atoms with Crippen LogP contribution >= 0.6 is 73.1 Å². The van der Waals surface area contributed by atoms with Gasteiger partial charge in [-0.05, 0) is 101 Å². The maximum atomic E-state index is 13.9. The summed E-state index contributed by atoms with van der Waals surface area (Å²) in [6.07, 6.45) is 1.83. The van der Waals surface area contributed by atoms with Gasteiger partial charge in [-0.15, -0.1) is 0 Å². The van der Waals surface area contributed by atoms with Crippen LogP contribution in [0.4, 0.5) is 0 Å². The molecule has 5 rings (SSSR count). The van der Waals surface area contributed by atoms with Crippen molar-refractivity contribution < 1.29 is 14.3 Å². The number of carbonyl (C=O) groups excluding carboxylic acids is 1. The molecular formula is C31H24BrCl2IN2O4S. The zero-order valence-corrected chi connectivity index (χ0v) is 28.8. The number of esters is 1. The second-order valence-electron chi connectivity index (χ2n) is 9.55. The van der Waals surface area contributed by atoms with Crippen molar-refractivity contribution in [1.29, 1.82) is 0 Å². The van der Waals surface area contributed by atoms with Gasteiger partial charge < -0.3 is 9.47 Å². The summed E-state index contributed by atoms with van der Waals surface area (Å²) in [6.45, 7) is 6.02. The molecule has 42 heavy (non-hydrogen) atoms. The highest BCUT2D eigenvalue weighted by atomic mass is 127. The molecule has 0 radical (unpaired) electrons. The summed E-state index contributed by atoms with van der Waals surface area (Å²) in [5, 5.41) is 1.09. The van der Waals surface area contributed by atoms with Gasteiger partial charge in [0.2, 0.25) is 0 Å². The minimum Gasteiger partial charge on any atom is -0.487 e. The predicted octanol–water partition coefficient (Wildman–Crippen LogP) is 7.36. The van der Waals surface area contributed by atoms with Crippen LogP contribution in [0.15, 0.2) is 80.1 Å². The van der Waals surface area contributed by atoms with E-state index < -0.39 is 12.0 Å². The van der Waals surface area contributed by atoms with Gasteiger partial charge in [0.05, 0.1) is 36.5 Å². The lowest BCUT2D eigenvalue weighted by Gasteiger charge is -2.24. The van der Waals surface area contributed by atoms with Crippen LogP contribution in [0.2, 0.25) is 10.0 Å². The van der Waals surface area contributed by atoms with Crippen LogP contribution in [-0.2, 0) is 16.1 Å². The van der Waals surface area contributed by atoms with Gasteiger partial charge in [-0.1, -0.05) is 70.4 Å². The summed E-state index contributed by atoms with van der Waals surface area (Å²) >= 11 is 19.4. The Morgan fingerprint density at radius 1 is 1.14 bits per heavy atom. The number of ether oxygens (including phenoxy) is 2. The van der Waals surface area contributed by atoms with Gasteiger partial charge in [-0.25, -0.2) is 9.79 Å². The zero-order valence-electron chi connectivity index (χ0n) is 22.7. The molecule has 6 nitrogen and oxygen atoms in total. The minimum atomic E-state index is -0.648. The van der Waals surface area contributed by atoms with E-state index in [9.17, 15) is 9.59 Å². The summed E-state index contributed by atoms with van der Waals surface area (Å²) in [4.78, 5) is 32.1. The molecule has 2 heterocycles. The molecule has 0 aliphatic carbocycles. The highest BCUT2D eigenvalue weighted by Crippen LogP contribution is 2.34. The van der Waals surface area contributed by atoms with Gasteiger partial charge in [0.15, 0.2) is 4.80 Å². The average molecular weight is 798 g/mol. The number of benzene rings is 3. The Balaban J connectivity index is 1.54. The third kappa shape index (κ3) is 6.40. The molecule has 11 heteroatoms. The Bertz CT molecular complexity index is 1900. The summed E-state index contributed by atoms with van der Waals surface area (Å²) in [7, 11) is 0. The van der Waals surface area contributed by atoms with Crippen molar-refractivity contribution in [2.24, 2.45) is 4.99 Å². The van der Waals surface area contributed by atoms with Crippen LogP contribution in [-0.4, -0.2) is 17.1 Å². The number of halogens is 4. The lowest BCUT2D eigenvalue weighted by atomic mass is 9.95. The lowest BCUT2D eigenvalue weighted by molar-refractivity contribution is -0.139. The summed E-state index contributed by atoms with van der Waals surface area (Å²) in [5.74, 6) is 0.182. The second-order valence-corrected chi connectivity index (χ2v) is 13.4. The van der Waals surface area contributed by atoms with Crippen LogP contribution in [0.1, 0.15) is 42.1 Å². The molecule has 0 saturated carbocycles. The largest absolute Gasteiger partial charge is 0.487 e. The number of rotatable bonds is 7. The van der Waals surface area contributed by atoms with Gasteiger partial charge in [0.1, 0.15) is 12.4 Å². The predicted molar refractivity (Wildman–Crippen MR) is 179 cm³/mol. The molecule has 0 bridgehead atoms. The fraction of sp³-hybridized carbons (Fsp3) is 0.194. The monoisotopic (exact) mass is 796 g/mol. The van der Waals surface area contributed by atoms with E-state index >= 15 is 0 Å². The molecular weight excluding hydrogens is 774 g/mol. The molecule has 216 valence electrons. The number of hydrogen-bond donors (Lipinski definition) is 0. The molecule has 4 aromatic rings. The van der Waals surface area contributed by atoms with Gasteiger partial charge in [0, 0.05) is 15.6 Å². The fourth-order valence-corrected chi connectivity index (χ4v) is 7.87. The minimum absolute atomic E-state index is 0.223. The normalized spacial score (nSPS) is 14.9. The average Bonchev–Trinajstić information content (AvgIpc) is 3.23. The molecule has 1 aliphatic rings. The van der Waals surface area contributed by atoms with Gasteiger partial charge in [-0.3, -0.25) is 9.36 Å². The molecule has 1 aliphatic heterocycles. The van der Waals surface area contributed by atoms with E-state index in [2.05, 4.69) is 43.5 Å². The number of aryl methyl sites for hydroxylation is 1. The molecule has 0 N–H and O–H groups in total. The van der Waals surface area contributed by atoms with E-state index in [4.69, 9.17) is 32.7 Å². The van der Waals surface area contributed by atoms with Crippen molar-refractivity contribution in [3.05, 3.63) is 126 Å². The molecule has 3 aromatic carbocycles. The molecule has 0 saturated heterocycles. The van der Waals surface area contributed by atoms with Crippen molar-refractivity contribution in [2.45, 2.75) is 33.4 Å². The second kappa shape index (κ2) is 13.1. The highest BCUT2D eigenvalue weighted by molar-refractivity contribution is 14.1. The first-order valence-corrected chi connectivity index (χ1v) is 16.3. The standard InChI is InChI=1S/C31H24BrCl2IN2O4S/c1-4-40-30(39)26-17(3)36-31-37(27(26)19-7-5-16(2)6-8-19)29(38)25(42-31)13-18-11-22(32)28(24(35)12-18)41-15-20-9-10-21(33)14-23(20)34/h5-14,27H,4,15H2,1-3H3/b25-13+/t27-/m0/s1. The highest BCUT2D eigenvalue weighted by Gasteiger charge is 2.33. The third-order valence-corrected chi connectivity index (χ3v) is 9.58. The zero-order chi connectivity index (χ0) is 30.1. The maximum absolute atomic E-state index is 13.9. The Morgan fingerprint density at radius 3 is 2.55 bits per heavy atom. The van der Waals surface area contributed by atoms with E-state index in [1.54, 1.807) is 30.5 Å². The van der Waals surface area contributed by atoms with Crippen molar-refractivity contribution >= 4 is 85.1 Å². The van der Waals surface area contributed by atoms with E-state index in [-0.39, 0.29) is 18.8 Å². The summed E-state index contributed by atoms with van der Waals surface area (Å²) in [5.41, 5.74) is 4.17. The van der Waals surface area contributed by atoms with E-state index in [0.29, 0.717) is 36.4 Å². The third-order valence-electron chi connectivity index (χ3n) is 6.62. The number of carbonyl (C=O) groups is 1. The number of aromatic nitrogens is 1. The number of thiazole rings is 1. The number of hydrogen-bond acceptors (Lipinski definition) is 6. The lowest BCUT2D eigenvalue weighted by Crippen LogP contribution is -2.39. The molecule has 0 fully saturated rings. The topological polar surface area (TPSA) is 69.9 Å². The number of fused-ring (bicyclic) bond motifs is 1. The Morgan fingerprint density at radius 2 is 1.88 bits per heavy atom. The van der Waals surface area contributed by atoms with E-state index in [1.165, 1.54) is 11.3 Å². The quantitative estimate of drug-likeness (QED) is 0.145. The first kappa shape index (κ1) is 31.0. The molecule has 0 spiro atoms. The van der Waals surface area contributed by atoms with Gasteiger partial charge in [-0.2, -0.15) is 0 Å². The molecule has 0 amide bonds. The Kier molecular flexibility index (Phi) is 9.63. The van der Waals surface area contributed by atoms with Crippen molar-refractivity contribution in [3.8, 4) is 5.75 Å². The van der Waals surface area contributed by atoms with E-state index in [1.807, 2.05) is 55.5 Å². The smallest absolute Gasteiger partial charge is 0.338 e. The summed E-state index contributed by atoms with van der Waals surface area (Å²) < 4.78 is 15.1. The van der Waals surface area contributed by atoms with Crippen LogP contribution in [0.25, 0.3) is 6.08 Å². The Labute approximate surface area is 278 Å². The van der Waals surface area contributed by atoms with Crippen LogP contribution in [0, 0.1) is 10.5 Å². The van der Waals surface area contributed by atoms with Crippen molar-refractivity contribution in [1.82, 2.24) is 4.57 Å². The molecule has 1 atom stereocenters. The SMILES string of the molecule is CCOC(=O)C1=C(C)N=c2s/c(=C/c3cc(Br)c(OCc4ccc(Cl)cc4Cl)c(I)c3)c(=O)n2[C@H]1c1ccc(C)cc1. The number of nitrogens with zero attached hydrogens (tertiary/aromatic N) is 2. The van der Waals surface area contributed by atoms with Crippen molar-refractivity contribution in [3.63, 3.8) is 0 Å². The van der Waals surface area contributed by atoms with Crippen LogP contribution in [0.3, 0.4) is 0 Å². The van der Waals surface area contributed by atoms with Crippen molar-refractivity contribution in [2.75, 3.05) is 6.61 Å². The maximum Gasteiger partial charge on any atom is 0.338 e. The molecule has 1 aromatic heterocycles. The number of allylic oxidation sites excluding steroid dienone is 1.